The van der Waals surface area contributed by atoms with E-state index in [4.69, 9.17) is 0 Å². The quantitative estimate of drug-likeness (QED) is 0.639. The number of amides is 1. The maximum absolute atomic E-state index is 13.7. The van der Waals surface area contributed by atoms with E-state index in [-0.39, 0.29) is 11.5 Å². The van der Waals surface area contributed by atoms with E-state index >= 15 is 0 Å². The van der Waals surface area contributed by atoms with Crippen LogP contribution < -0.4 is 0 Å². The van der Waals surface area contributed by atoms with E-state index in [0.29, 0.717) is 13.1 Å². The second-order valence-electron chi connectivity index (χ2n) is 5.06. The SMILES string of the molecule is CCCCCN(CCCCC)C(=O)c1ccncc1F. The van der Waals surface area contributed by atoms with Gasteiger partial charge in [0.2, 0.25) is 0 Å². The van der Waals surface area contributed by atoms with Crippen molar-refractivity contribution in [3.8, 4) is 0 Å². The second kappa shape index (κ2) is 9.45. The highest BCUT2D eigenvalue weighted by molar-refractivity contribution is 5.94. The number of hydrogen-bond acceptors (Lipinski definition) is 2. The molecule has 0 bridgehead atoms. The Kier molecular flexibility index (Phi) is 7.85. The minimum absolute atomic E-state index is 0.132. The molecule has 0 fully saturated rings. The van der Waals surface area contributed by atoms with Gasteiger partial charge in [0, 0.05) is 19.3 Å². The summed E-state index contributed by atoms with van der Waals surface area (Å²) in [6.07, 6.45) is 8.92. The van der Waals surface area contributed by atoms with Crippen LogP contribution in [0, 0.1) is 5.82 Å². The van der Waals surface area contributed by atoms with Crippen molar-refractivity contribution in [3.05, 3.63) is 29.8 Å². The standard InChI is InChI=1S/C16H25FN2O/c1-3-5-7-11-19(12-8-6-4-2)16(20)14-9-10-18-13-15(14)17/h9-10,13H,3-8,11-12H2,1-2H3. The third-order valence-electron chi connectivity index (χ3n) is 3.35. The summed E-state index contributed by atoms with van der Waals surface area (Å²) in [6, 6.07) is 1.46. The highest BCUT2D eigenvalue weighted by Gasteiger charge is 2.18. The maximum atomic E-state index is 13.7. The van der Waals surface area contributed by atoms with Crippen LogP contribution >= 0.6 is 0 Å². The predicted octanol–water partition coefficient (Wildman–Crippen LogP) is 4.04. The summed E-state index contributed by atoms with van der Waals surface area (Å²) in [7, 11) is 0. The van der Waals surface area contributed by atoms with Gasteiger partial charge < -0.3 is 4.90 Å². The van der Waals surface area contributed by atoms with E-state index < -0.39 is 5.82 Å². The number of nitrogens with zero attached hydrogens (tertiary/aromatic N) is 2. The number of unbranched alkanes of at least 4 members (excludes halogenated alkanes) is 4. The first kappa shape index (κ1) is 16.6. The van der Waals surface area contributed by atoms with Crippen LogP contribution in [-0.2, 0) is 0 Å². The summed E-state index contributed by atoms with van der Waals surface area (Å²) in [6.45, 7) is 5.67. The summed E-state index contributed by atoms with van der Waals surface area (Å²) in [5.41, 5.74) is 0.132. The Morgan fingerprint density at radius 2 is 1.75 bits per heavy atom. The van der Waals surface area contributed by atoms with Gasteiger partial charge in [0.15, 0.2) is 5.82 Å². The van der Waals surface area contributed by atoms with E-state index in [1.807, 2.05) is 0 Å². The molecule has 1 aromatic heterocycles. The fraction of sp³-hybridized carbons (Fsp3) is 0.625. The molecule has 0 aliphatic carbocycles. The highest BCUT2D eigenvalue weighted by Crippen LogP contribution is 2.11. The zero-order chi connectivity index (χ0) is 14.8. The molecule has 1 heterocycles. The third kappa shape index (κ3) is 5.27. The molecule has 4 heteroatoms. The minimum Gasteiger partial charge on any atom is -0.339 e. The Morgan fingerprint density at radius 1 is 1.15 bits per heavy atom. The molecule has 3 nitrogen and oxygen atoms in total. The van der Waals surface area contributed by atoms with Crippen LogP contribution in [0.1, 0.15) is 62.7 Å². The molecule has 20 heavy (non-hydrogen) atoms. The van der Waals surface area contributed by atoms with E-state index in [2.05, 4.69) is 18.8 Å². The largest absolute Gasteiger partial charge is 0.339 e. The maximum Gasteiger partial charge on any atom is 0.256 e. The molecular weight excluding hydrogens is 255 g/mol. The minimum atomic E-state index is -0.534. The van der Waals surface area contributed by atoms with Crippen molar-refractivity contribution >= 4 is 5.91 Å². The molecule has 0 aliphatic rings. The van der Waals surface area contributed by atoms with Crippen LogP contribution in [0.4, 0.5) is 4.39 Å². The average Bonchev–Trinajstić information content (AvgIpc) is 2.46. The zero-order valence-electron chi connectivity index (χ0n) is 12.6. The molecule has 0 aromatic carbocycles. The molecule has 0 saturated heterocycles. The lowest BCUT2D eigenvalue weighted by Crippen LogP contribution is -2.33. The van der Waals surface area contributed by atoms with Gasteiger partial charge in [-0.25, -0.2) is 4.39 Å². The number of halogens is 1. The molecule has 0 N–H and O–H groups in total. The van der Waals surface area contributed by atoms with Crippen molar-refractivity contribution in [1.82, 2.24) is 9.88 Å². The number of hydrogen-bond donors (Lipinski definition) is 0. The summed E-state index contributed by atoms with van der Waals surface area (Å²) < 4.78 is 13.7. The van der Waals surface area contributed by atoms with Gasteiger partial charge in [0.1, 0.15) is 0 Å². The molecule has 1 rings (SSSR count). The molecule has 1 amide bonds. The van der Waals surface area contributed by atoms with Crippen molar-refractivity contribution in [1.29, 1.82) is 0 Å². The first-order valence-electron chi connectivity index (χ1n) is 7.59. The van der Waals surface area contributed by atoms with Crippen LogP contribution in [0.25, 0.3) is 0 Å². The van der Waals surface area contributed by atoms with Crippen LogP contribution in [-0.4, -0.2) is 28.9 Å². The van der Waals surface area contributed by atoms with E-state index in [0.717, 1.165) is 44.7 Å². The Labute approximate surface area is 121 Å². The van der Waals surface area contributed by atoms with Gasteiger partial charge in [0.25, 0.3) is 5.91 Å². The normalized spacial score (nSPS) is 10.6. The monoisotopic (exact) mass is 280 g/mol. The lowest BCUT2D eigenvalue weighted by atomic mass is 10.1. The first-order chi connectivity index (χ1) is 9.70. The second-order valence-corrected chi connectivity index (χ2v) is 5.06. The smallest absolute Gasteiger partial charge is 0.256 e. The highest BCUT2D eigenvalue weighted by atomic mass is 19.1. The molecular formula is C16H25FN2O. The summed E-state index contributed by atoms with van der Waals surface area (Å²) in [5.74, 6) is -0.745. The lowest BCUT2D eigenvalue weighted by Gasteiger charge is -2.23. The van der Waals surface area contributed by atoms with Crippen molar-refractivity contribution in [2.24, 2.45) is 0 Å². The molecule has 0 radical (unpaired) electrons. The Morgan fingerprint density at radius 3 is 2.25 bits per heavy atom. The molecule has 0 unspecified atom stereocenters. The van der Waals surface area contributed by atoms with E-state index in [1.165, 1.54) is 12.3 Å². The number of aromatic nitrogens is 1. The van der Waals surface area contributed by atoms with Crippen LogP contribution in [0.15, 0.2) is 18.5 Å². The molecule has 0 atom stereocenters. The number of carbonyl (C=O) groups excluding carboxylic acids is 1. The van der Waals surface area contributed by atoms with Crippen molar-refractivity contribution in [2.75, 3.05) is 13.1 Å². The molecule has 0 saturated carbocycles. The topological polar surface area (TPSA) is 33.2 Å². The fourth-order valence-electron chi connectivity index (χ4n) is 2.14. The van der Waals surface area contributed by atoms with Crippen molar-refractivity contribution < 1.29 is 9.18 Å². The number of carbonyl (C=O) groups is 1. The van der Waals surface area contributed by atoms with Gasteiger partial charge >= 0.3 is 0 Å². The average molecular weight is 280 g/mol. The Bertz CT molecular complexity index is 399. The van der Waals surface area contributed by atoms with Crippen LogP contribution in [0.3, 0.4) is 0 Å². The van der Waals surface area contributed by atoms with E-state index in [9.17, 15) is 9.18 Å². The van der Waals surface area contributed by atoms with Crippen LogP contribution in [0.2, 0.25) is 0 Å². The van der Waals surface area contributed by atoms with Gasteiger partial charge in [-0.2, -0.15) is 0 Å². The lowest BCUT2D eigenvalue weighted by molar-refractivity contribution is 0.0744. The summed E-state index contributed by atoms with van der Waals surface area (Å²) in [4.78, 5) is 17.9. The molecule has 1 aromatic rings. The molecule has 112 valence electrons. The molecule has 0 spiro atoms. The van der Waals surface area contributed by atoms with Crippen molar-refractivity contribution in [3.63, 3.8) is 0 Å². The third-order valence-corrected chi connectivity index (χ3v) is 3.35. The molecule has 0 aliphatic heterocycles. The van der Waals surface area contributed by atoms with Crippen LogP contribution in [0.5, 0.6) is 0 Å². The number of rotatable bonds is 9. The summed E-state index contributed by atoms with van der Waals surface area (Å²) >= 11 is 0. The van der Waals surface area contributed by atoms with Crippen molar-refractivity contribution in [2.45, 2.75) is 52.4 Å². The van der Waals surface area contributed by atoms with Gasteiger partial charge in [-0.05, 0) is 18.9 Å². The number of pyridine rings is 1. The predicted molar refractivity (Wildman–Crippen MR) is 79.1 cm³/mol. The Balaban J connectivity index is 2.69. The van der Waals surface area contributed by atoms with Gasteiger partial charge in [-0.3, -0.25) is 9.78 Å². The van der Waals surface area contributed by atoms with E-state index in [1.54, 1.807) is 4.90 Å². The van der Waals surface area contributed by atoms with Gasteiger partial charge in [-0.1, -0.05) is 39.5 Å². The zero-order valence-corrected chi connectivity index (χ0v) is 12.6. The fourth-order valence-corrected chi connectivity index (χ4v) is 2.14. The summed E-state index contributed by atoms with van der Waals surface area (Å²) in [5, 5.41) is 0. The van der Waals surface area contributed by atoms with Gasteiger partial charge in [-0.15, -0.1) is 0 Å². The Hall–Kier alpha value is -1.45. The van der Waals surface area contributed by atoms with Gasteiger partial charge in [0.05, 0.1) is 11.8 Å². The first-order valence-corrected chi connectivity index (χ1v) is 7.59.